The zero-order chi connectivity index (χ0) is 19.7. The normalized spacial score (nSPS) is 13.2. The lowest BCUT2D eigenvalue weighted by Crippen LogP contribution is -2.25. The van der Waals surface area contributed by atoms with Gasteiger partial charge >= 0.3 is 5.97 Å². The van der Waals surface area contributed by atoms with Gasteiger partial charge in [-0.25, -0.2) is 9.78 Å². The number of methoxy groups -OCH3 is 1. The predicted molar refractivity (Wildman–Crippen MR) is 107 cm³/mol. The minimum atomic E-state index is -0.416. The third-order valence-corrected chi connectivity index (χ3v) is 5.57. The third-order valence-electron chi connectivity index (χ3n) is 4.88. The molecule has 1 aliphatic rings. The topological polar surface area (TPSA) is 86.1 Å². The Kier molecular flexibility index (Phi) is 5.13. The minimum absolute atomic E-state index is 0.140. The Morgan fingerprint density at radius 3 is 2.93 bits per heavy atom. The number of ether oxygens (including phenoxy) is 1. The Bertz CT molecular complexity index is 1080. The maximum absolute atomic E-state index is 12.6. The van der Waals surface area contributed by atoms with Crippen LogP contribution >= 0.6 is 15.9 Å². The lowest BCUT2D eigenvalue weighted by atomic mass is 10.0. The quantitative estimate of drug-likeness (QED) is 0.626. The summed E-state index contributed by atoms with van der Waals surface area (Å²) < 4.78 is 7.71. The number of rotatable bonds is 4. The molecule has 144 valence electrons. The lowest BCUT2D eigenvalue weighted by molar-refractivity contribution is 0.0597. The van der Waals surface area contributed by atoms with Gasteiger partial charge in [-0.05, 0) is 43.5 Å². The fourth-order valence-electron chi connectivity index (χ4n) is 3.50. The molecule has 7 nitrogen and oxygen atoms in total. The molecule has 0 radical (unpaired) electrons. The summed E-state index contributed by atoms with van der Waals surface area (Å²) in [7, 11) is 1.36. The van der Waals surface area contributed by atoms with Gasteiger partial charge in [0.1, 0.15) is 11.3 Å². The molecule has 0 unspecified atom stereocenters. The van der Waals surface area contributed by atoms with E-state index in [0.717, 1.165) is 46.9 Å². The van der Waals surface area contributed by atoms with Crippen LogP contribution in [0, 0.1) is 0 Å². The molecular formula is C20H19BrN4O3. The van der Waals surface area contributed by atoms with Crippen LogP contribution in [0.2, 0.25) is 0 Å². The third kappa shape index (κ3) is 3.40. The largest absolute Gasteiger partial charge is 0.465 e. The molecule has 1 aromatic carbocycles. The molecule has 2 aromatic heterocycles. The summed E-state index contributed by atoms with van der Waals surface area (Å²) in [6, 6.07) is 9.20. The van der Waals surface area contributed by atoms with E-state index in [0.29, 0.717) is 17.0 Å². The number of carbonyl (C=O) groups is 2. The Morgan fingerprint density at radius 2 is 2.11 bits per heavy atom. The number of nitrogens with zero attached hydrogens (tertiary/aromatic N) is 3. The highest BCUT2D eigenvalue weighted by molar-refractivity contribution is 9.10. The molecule has 8 heteroatoms. The average Bonchev–Trinajstić information content (AvgIpc) is 3.09. The molecule has 0 bridgehead atoms. The number of nitrogens with one attached hydrogen (secondary N) is 1. The summed E-state index contributed by atoms with van der Waals surface area (Å²) in [6.45, 7) is 0.913. The Balaban J connectivity index is 1.57. The van der Waals surface area contributed by atoms with Crippen LogP contribution in [0.15, 0.2) is 34.8 Å². The smallest absolute Gasteiger partial charge is 0.341 e. The molecule has 1 aliphatic heterocycles. The van der Waals surface area contributed by atoms with Crippen LogP contribution in [-0.4, -0.2) is 33.8 Å². The number of benzene rings is 1. The summed E-state index contributed by atoms with van der Waals surface area (Å²) in [5.41, 5.74) is 2.93. The predicted octanol–water partition coefficient (Wildman–Crippen LogP) is 3.25. The van der Waals surface area contributed by atoms with Crippen LogP contribution < -0.4 is 5.32 Å². The lowest BCUT2D eigenvalue weighted by Gasteiger charge is -2.13. The molecule has 0 atom stereocenters. The molecule has 1 amide bonds. The van der Waals surface area contributed by atoms with Crippen molar-refractivity contribution in [2.24, 2.45) is 0 Å². The van der Waals surface area contributed by atoms with Gasteiger partial charge in [-0.15, -0.1) is 0 Å². The summed E-state index contributed by atoms with van der Waals surface area (Å²) in [5, 5.41) is 8.29. The SMILES string of the molecule is COC(=O)c1c(CNC(=O)c2ccc3c(Br)cccc3n2)nn2c1CCCC2. The van der Waals surface area contributed by atoms with Crippen LogP contribution in [0.5, 0.6) is 0 Å². The van der Waals surface area contributed by atoms with E-state index in [1.165, 1.54) is 7.11 Å². The number of aryl methyl sites for hydroxylation is 1. The molecule has 0 spiro atoms. The zero-order valence-electron chi connectivity index (χ0n) is 15.4. The van der Waals surface area contributed by atoms with Crippen molar-refractivity contribution in [1.82, 2.24) is 20.1 Å². The van der Waals surface area contributed by atoms with Gasteiger partial charge < -0.3 is 10.1 Å². The van der Waals surface area contributed by atoms with Crippen molar-refractivity contribution in [3.63, 3.8) is 0 Å². The van der Waals surface area contributed by atoms with Crippen LogP contribution in [0.25, 0.3) is 10.9 Å². The second kappa shape index (κ2) is 7.71. The van der Waals surface area contributed by atoms with Gasteiger partial charge in [0.15, 0.2) is 0 Å². The summed E-state index contributed by atoms with van der Waals surface area (Å²) in [5.74, 6) is -0.732. The van der Waals surface area contributed by atoms with Crippen molar-refractivity contribution < 1.29 is 14.3 Å². The summed E-state index contributed by atoms with van der Waals surface area (Å²) in [6.07, 6.45) is 2.82. The summed E-state index contributed by atoms with van der Waals surface area (Å²) >= 11 is 3.48. The van der Waals surface area contributed by atoms with E-state index >= 15 is 0 Å². The minimum Gasteiger partial charge on any atom is -0.465 e. The van der Waals surface area contributed by atoms with E-state index in [4.69, 9.17) is 4.74 Å². The first-order chi connectivity index (χ1) is 13.6. The van der Waals surface area contributed by atoms with E-state index in [-0.39, 0.29) is 12.5 Å². The second-order valence-corrected chi connectivity index (χ2v) is 7.48. The fourth-order valence-corrected chi connectivity index (χ4v) is 3.99. The number of hydrogen-bond acceptors (Lipinski definition) is 5. The first kappa shape index (κ1) is 18.6. The van der Waals surface area contributed by atoms with Gasteiger partial charge in [-0.3, -0.25) is 9.48 Å². The van der Waals surface area contributed by atoms with E-state index in [1.807, 2.05) is 28.9 Å². The highest BCUT2D eigenvalue weighted by atomic mass is 79.9. The van der Waals surface area contributed by atoms with Crippen LogP contribution in [0.4, 0.5) is 0 Å². The molecular weight excluding hydrogens is 424 g/mol. The van der Waals surface area contributed by atoms with Gasteiger partial charge in [-0.2, -0.15) is 5.10 Å². The van der Waals surface area contributed by atoms with E-state index in [9.17, 15) is 9.59 Å². The van der Waals surface area contributed by atoms with E-state index < -0.39 is 5.97 Å². The Morgan fingerprint density at radius 1 is 1.25 bits per heavy atom. The standard InChI is InChI=1S/C20H19BrN4O3/c1-28-20(27)18-16(24-25-10-3-2-7-17(18)25)11-22-19(26)15-9-8-12-13(21)5-4-6-14(12)23-15/h4-6,8-9H,2-3,7,10-11H2,1H3,(H,22,26). The van der Waals surface area contributed by atoms with Crippen LogP contribution in [-0.2, 0) is 24.2 Å². The number of aromatic nitrogens is 3. The Labute approximate surface area is 170 Å². The van der Waals surface area contributed by atoms with Gasteiger partial charge in [-0.1, -0.05) is 22.0 Å². The highest BCUT2D eigenvalue weighted by Crippen LogP contribution is 2.24. The highest BCUT2D eigenvalue weighted by Gasteiger charge is 2.26. The first-order valence-electron chi connectivity index (χ1n) is 9.09. The number of hydrogen-bond donors (Lipinski definition) is 1. The first-order valence-corrected chi connectivity index (χ1v) is 9.88. The molecule has 3 aromatic rings. The van der Waals surface area contributed by atoms with Crippen molar-refractivity contribution >= 4 is 38.7 Å². The summed E-state index contributed by atoms with van der Waals surface area (Å²) in [4.78, 5) is 29.3. The molecule has 0 saturated carbocycles. The van der Waals surface area contributed by atoms with Gasteiger partial charge in [0.25, 0.3) is 5.91 Å². The number of esters is 1. The second-order valence-electron chi connectivity index (χ2n) is 6.63. The number of carbonyl (C=O) groups excluding carboxylic acids is 2. The maximum atomic E-state index is 12.6. The molecule has 0 aliphatic carbocycles. The van der Waals surface area contributed by atoms with Crippen LogP contribution in [0.1, 0.15) is 45.1 Å². The Hall–Kier alpha value is -2.74. The van der Waals surface area contributed by atoms with Crippen molar-refractivity contribution in [3.05, 3.63) is 57.4 Å². The number of halogens is 1. The van der Waals surface area contributed by atoms with Crippen molar-refractivity contribution in [3.8, 4) is 0 Å². The average molecular weight is 443 g/mol. The van der Waals surface area contributed by atoms with Gasteiger partial charge in [0, 0.05) is 16.4 Å². The number of fused-ring (bicyclic) bond motifs is 2. The number of amides is 1. The van der Waals surface area contributed by atoms with E-state index in [1.54, 1.807) is 6.07 Å². The monoisotopic (exact) mass is 442 g/mol. The van der Waals surface area contributed by atoms with Crippen molar-refractivity contribution in [1.29, 1.82) is 0 Å². The van der Waals surface area contributed by atoms with Gasteiger partial charge in [0.05, 0.1) is 30.6 Å². The maximum Gasteiger partial charge on any atom is 0.341 e. The number of pyridine rings is 1. The molecule has 0 saturated heterocycles. The molecule has 0 fully saturated rings. The molecule has 4 rings (SSSR count). The van der Waals surface area contributed by atoms with Crippen molar-refractivity contribution in [2.75, 3.05) is 7.11 Å². The molecule has 28 heavy (non-hydrogen) atoms. The molecule has 3 heterocycles. The zero-order valence-corrected chi connectivity index (χ0v) is 17.0. The van der Waals surface area contributed by atoms with Crippen LogP contribution in [0.3, 0.4) is 0 Å². The van der Waals surface area contributed by atoms with E-state index in [2.05, 4.69) is 31.3 Å². The molecule has 1 N–H and O–H groups in total. The van der Waals surface area contributed by atoms with Crippen molar-refractivity contribution in [2.45, 2.75) is 32.4 Å². The van der Waals surface area contributed by atoms with Gasteiger partial charge in [0.2, 0.25) is 0 Å². The fraction of sp³-hybridized carbons (Fsp3) is 0.300.